The lowest BCUT2D eigenvalue weighted by Crippen LogP contribution is -2.26. The van der Waals surface area contributed by atoms with Crippen LogP contribution in [0.15, 0.2) is 55.0 Å². The molecule has 11 heteroatoms. The van der Waals surface area contributed by atoms with Gasteiger partial charge >= 0.3 is 0 Å². The van der Waals surface area contributed by atoms with Crippen molar-refractivity contribution in [2.24, 2.45) is 0 Å². The Kier molecular flexibility index (Phi) is 8.02. The normalized spacial score (nSPS) is 11.6. The Morgan fingerprint density at radius 3 is 2.42 bits per heavy atom. The summed E-state index contributed by atoms with van der Waals surface area (Å²) in [4.78, 5) is 21.9. The molecule has 2 N–H and O–H groups in total. The number of nitrogens with one attached hydrogen (secondary N) is 2. The van der Waals surface area contributed by atoms with Crippen LogP contribution in [0.3, 0.4) is 0 Å². The first-order valence-electron chi connectivity index (χ1n) is 11.6. The van der Waals surface area contributed by atoms with Crippen LogP contribution in [-0.2, 0) is 0 Å². The lowest BCUT2D eigenvalue weighted by atomic mass is 10.1. The van der Waals surface area contributed by atoms with E-state index in [4.69, 9.17) is 25.8 Å². The molecule has 0 spiro atoms. The molecule has 4 rings (SSSR count). The van der Waals surface area contributed by atoms with Gasteiger partial charge in [-0.25, -0.2) is 9.37 Å². The van der Waals surface area contributed by atoms with Crippen LogP contribution in [0.4, 0.5) is 16.0 Å². The van der Waals surface area contributed by atoms with E-state index < -0.39 is 5.82 Å². The average molecular weight is 540 g/mol. The molecule has 1 atom stereocenters. The van der Waals surface area contributed by atoms with E-state index in [1.54, 1.807) is 54.3 Å². The van der Waals surface area contributed by atoms with E-state index in [2.05, 4.69) is 20.6 Å². The molecule has 2 aromatic heterocycles. The van der Waals surface area contributed by atoms with Crippen molar-refractivity contribution in [1.82, 2.24) is 19.9 Å². The van der Waals surface area contributed by atoms with Gasteiger partial charge in [-0.1, -0.05) is 17.7 Å². The van der Waals surface area contributed by atoms with Gasteiger partial charge in [-0.15, -0.1) is 0 Å². The van der Waals surface area contributed by atoms with Crippen molar-refractivity contribution in [3.05, 3.63) is 82.5 Å². The van der Waals surface area contributed by atoms with Gasteiger partial charge in [0.25, 0.3) is 5.91 Å². The molecule has 2 aromatic carbocycles. The monoisotopic (exact) mass is 539 g/mol. The predicted molar refractivity (Wildman–Crippen MR) is 143 cm³/mol. The maximum atomic E-state index is 13.5. The quantitative estimate of drug-likeness (QED) is 0.284. The van der Waals surface area contributed by atoms with Gasteiger partial charge in [0.15, 0.2) is 11.5 Å². The molecule has 2 heterocycles. The zero-order valence-corrected chi connectivity index (χ0v) is 22.3. The molecule has 9 nitrogen and oxygen atoms in total. The first-order chi connectivity index (χ1) is 18.2. The summed E-state index contributed by atoms with van der Waals surface area (Å²) in [7, 11) is 4.61. The van der Waals surface area contributed by atoms with Crippen molar-refractivity contribution in [2.75, 3.05) is 26.6 Å². The molecule has 0 fully saturated rings. The summed E-state index contributed by atoms with van der Waals surface area (Å²) < 4.78 is 31.4. The molecule has 0 unspecified atom stereocenters. The van der Waals surface area contributed by atoms with Crippen LogP contribution >= 0.6 is 11.6 Å². The Morgan fingerprint density at radius 2 is 1.79 bits per heavy atom. The summed E-state index contributed by atoms with van der Waals surface area (Å²) in [6, 6.07) is 9.17. The van der Waals surface area contributed by atoms with Crippen molar-refractivity contribution in [2.45, 2.75) is 19.9 Å². The summed E-state index contributed by atoms with van der Waals surface area (Å²) in [6.07, 6.45) is 5.11. The second-order valence-electron chi connectivity index (χ2n) is 8.42. The topological polar surface area (TPSA) is 99.5 Å². The summed E-state index contributed by atoms with van der Waals surface area (Å²) in [5.41, 5.74) is 2.56. The van der Waals surface area contributed by atoms with Crippen molar-refractivity contribution in [1.29, 1.82) is 0 Å². The molecule has 4 aromatic rings. The Bertz CT molecular complexity index is 1450. The molecule has 0 aliphatic heterocycles. The van der Waals surface area contributed by atoms with E-state index in [1.165, 1.54) is 33.5 Å². The summed E-state index contributed by atoms with van der Waals surface area (Å²) in [6.45, 7) is 3.67. The third kappa shape index (κ3) is 5.65. The number of aryl methyl sites for hydroxylation is 1. The van der Waals surface area contributed by atoms with Gasteiger partial charge in [-0.3, -0.25) is 4.79 Å². The van der Waals surface area contributed by atoms with Crippen molar-refractivity contribution in [3.8, 4) is 23.1 Å². The number of methoxy groups -OCH3 is 3. The highest BCUT2D eigenvalue weighted by Crippen LogP contribution is 2.40. The van der Waals surface area contributed by atoms with Gasteiger partial charge in [0.1, 0.15) is 11.6 Å². The Morgan fingerprint density at radius 1 is 1.08 bits per heavy atom. The fourth-order valence-electron chi connectivity index (χ4n) is 3.84. The van der Waals surface area contributed by atoms with Gasteiger partial charge in [0, 0.05) is 42.0 Å². The van der Waals surface area contributed by atoms with E-state index >= 15 is 0 Å². The number of nitrogens with zero attached hydrogens (tertiary/aromatic N) is 3. The number of amides is 1. The predicted octanol–water partition coefficient (Wildman–Crippen LogP) is 5.63. The molecule has 0 aliphatic carbocycles. The van der Waals surface area contributed by atoms with E-state index in [-0.39, 0.29) is 17.0 Å². The first-order valence-corrected chi connectivity index (χ1v) is 12.0. The molecular weight excluding hydrogens is 513 g/mol. The number of benzene rings is 2. The number of rotatable bonds is 9. The molecule has 0 bridgehead atoms. The minimum atomic E-state index is -0.509. The van der Waals surface area contributed by atoms with E-state index in [0.717, 1.165) is 5.56 Å². The molecule has 0 saturated heterocycles. The number of hydrogen-bond donors (Lipinski definition) is 2. The lowest BCUT2D eigenvalue weighted by Gasteiger charge is -2.15. The number of hydrogen-bond acceptors (Lipinski definition) is 7. The Labute approximate surface area is 224 Å². The zero-order chi connectivity index (χ0) is 27.4. The van der Waals surface area contributed by atoms with Crippen LogP contribution in [-0.4, -0.2) is 41.8 Å². The number of aromatic nitrogens is 3. The van der Waals surface area contributed by atoms with E-state index in [1.807, 2.05) is 6.92 Å². The molecular formula is C27H27ClFN5O4. The van der Waals surface area contributed by atoms with Gasteiger partial charge in [-0.05, 0) is 37.6 Å². The molecule has 0 radical (unpaired) electrons. The van der Waals surface area contributed by atoms with Gasteiger partial charge in [-0.2, -0.15) is 4.98 Å². The molecule has 198 valence electrons. The van der Waals surface area contributed by atoms with Crippen LogP contribution in [0.2, 0.25) is 5.02 Å². The Balaban J connectivity index is 1.54. The SMILES string of the molecule is COc1cc(Nc2ncc(C)c(-n3ccc(C(=O)N[C@H](C)c4ccc(F)c(Cl)c4)c3)n2)cc(OC)c1OC. The summed E-state index contributed by atoms with van der Waals surface area (Å²) in [5.74, 6) is 1.57. The number of halogens is 2. The van der Waals surface area contributed by atoms with Crippen LogP contribution < -0.4 is 24.8 Å². The fourth-order valence-corrected chi connectivity index (χ4v) is 4.03. The molecule has 1 amide bonds. The number of carbonyl (C=O) groups is 1. The average Bonchev–Trinajstić information content (AvgIpc) is 3.41. The van der Waals surface area contributed by atoms with Gasteiger partial charge < -0.3 is 29.4 Å². The van der Waals surface area contributed by atoms with E-state index in [0.29, 0.717) is 45.8 Å². The van der Waals surface area contributed by atoms with Crippen LogP contribution in [0.1, 0.15) is 34.5 Å². The number of ether oxygens (including phenoxy) is 3. The fraction of sp³-hybridized carbons (Fsp3) is 0.222. The highest BCUT2D eigenvalue weighted by atomic mass is 35.5. The van der Waals surface area contributed by atoms with E-state index in [9.17, 15) is 9.18 Å². The third-order valence-electron chi connectivity index (χ3n) is 5.86. The summed E-state index contributed by atoms with van der Waals surface area (Å²) in [5, 5.41) is 6.06. The minimum absolute atomic E-state index is 0.00456. The van der Waals surface area contributed by atoms with Gasteiger partial charge in [0.05, 0.1) is 38.0 Å². The number of anilines is 2. The standard InChI is InChI=1S/C27H27ClFN5O4/c1-15-13-30-27(32-19-11-22(36-3)24(38-5)23(12-19)37-4)33-25(15)34-9-8-18(14-34)26(35)31-16(2)17-6-7-21(29)20(28)10-17/h6-14,16H,1-5H3,(H,31,35)(H,30,32,33)/t16-/m1/s1. The van der Waals surface area contributed by atoms with Crippen LogP contribution in [0.5, 0.6) is 17.2 Å². The van der Waals surface area contributed by atoms with Crippen molar-refractivity contribution >= 4 is 29.1 Å². The van der Waals surface area contributed by atoms with Crippen molar-refractivity contribution in [3.63, 3.8) is 0 Å². The first kappa shape index (κ1) is 26.7. The maximum Gasteiger partial charge on any atom is 0.253 e. The van der Waals surface area contributed by atoms with Crippen LogP contribution in [0.25, 0.3) is 5.82 Å². The highest BCUT2D eigenvalue weighted by Gasteiger charge is 2.17. The highest BCUT2D eigenvalue weighted by molar-refractivity contribution is 6.30. The maximum absolute atomic E-state index is 13.5. The molecule has 0 aliphatic rings. The van der Waals surface area contributed by atoms with Gasteiger partial charge in [0.2, 0.25) is 11.7 Å². The second kappa shape index (κ2) is 11.4. The smallest absolute Gasteiger partial charge is 0.253 e. The lowest BCUT2D eigenvalue weighted by molar-refractivity contribution is 0.0940. The third-order valence-corrected chi connectivity index (χ3v) is 6.15. The number of carbonyl (C=O) groups excluding carboxylic acids is 1. The Hall–Kier alpha value is -4.31. The van der Waals surface area contributed by atoms with Crippen LogP contribution in [0, 0.1) is 12.7 Å². The molecule has 38 heavy (non-hydrogen) atoms. The largest absolute Gasteiger partial charge is 0.493 e. The van der Waals surface area contributed by atoms with Crippen molar-refractivity contribution < 1.29 is 23.4 Å². The zero-order valence-electron chi connectivity index (χ0n) is 21.5. The molecule has 0 saturated carbocycles. The minimum Gasteiger partial charge on any atom is -0.493 e. The summed E-state index contributed by atoms with van der Waals surface area (Å²) >= 11 is 5.88. The second-order valence-corrected chi connectivity index (χ2v) is 8.82.